The van der Waals surface area contributed by atoms with Crippen LogP contribution < -0.4 is 5.32 Å². The summed E-state index contributed by atoms with van der Waals surface area (Å²) in [7, 11) is 0. The molecule has 0 unspecified atom stereocenters. The summed E-state index contributed by atoms with van der Waals surface area (Å²) in [6, 6.07) is 2.27. The minimum Gasteiger partial charge on any atom is -0.394 e. The number of aliphatic hydroxyl groups is 2. The van der Waals surface area contributed by atoms with E-state index >= 15 is 0 Å². The molecule has 0 bridgehead atoms. The van der Waals surface area contributed by atoms with Crippen molar-refractivity contribution in [3.63, 3.8) is 0 Å². The lowest BCUT2D eigenvalue weighted by molar-refractivity contribution is 0.104. The molecule has 4 heteroatoms. The molecule has 0 saturated carbocycles. The SMILES string of the molecule is CC(C)(C#N)CCCCNC(C)(CO)CO. The smallest absolute Gasteiger partial charge is 0.0683 e. The second-order valence-electron chi connectivity index (χ2n) is 5.26. The van der Waals surface area contributed by atoms with E-state index in [1.807, 2.05) is 13.8 Å². The molecule has 0 aromatic rings. The second kappa shape index (κ2) is 6.85. The van der Waals surface area contributed by atoms with Crippen molar-refractivity contribution in [3.8, 4) is 6.07 Å². The van der Waals surface area contributed by atoms with Crippen LogP contribution in [-0.2, 0) is 0 Å². The molecule has 0 heterocycles. The fourth-order valence-corrected chi connectivity index (χ4v) is 1.30. The van der Waals surface area contributed by atoms with Gasteiger partial charge in [-0.25, -0.2) is 0 Å². The summed E-state index contributed by atoms with van der Waals surface area (Å²) < 4.78 is 0. The number of unbranched alkanes of at least 4 members (excludes halogenated alkanes) is 1. The average Bonchev–Trinajstić information content (AvgIpc) is 2.28. The van der Waals surface area contributed by atoms with E-state index in [0.29, 0.717) is 0 Å². The Kier molecular flexibility index (Phi) is 6.58. The summed E-state index contributed by atoms with van der Waals surface area (Å²) >= 11 is 0. The van der Waals surface area contributed by atoms with Crippen LogP contribution in [0.1, 0.15) is 40.0 Å². The van der Waals surface area contributed by atoms with Gasteiger partial charge >= 0.3 is 0 Å². The lowest BCUT2D eigenvalue weighted by Crippen LogP contribution is -2.49. The highest BCUT2D eigenvalue weighted by Gasteiger charge is 2.21. The summed E-state index contributed by atoms with van der Waals surface area (Å²) in [5.74, 6) is 0. The van der Waals surface area contributed by atoms with Gasteiger partial charge in [0.1, 0.15) is 0 Å². The Labute approximate surface area is 98.3 Å². The lowest BCUT2D eigenvalue weighted by Gasteiger charge is -2.26. The largest absolute Gasteiger partial charge is 0.394 e. The van der Waals surface area contributed by atoms with Crippen LogP contribution in [0.5, 0.6) is 0 Å². The molecule has 0 radical (unpaired) electrons. The molecule has 0 spiro atoms. The van der Waals surface area contributed by atoms with Crippen molar-refractivity contribution in [2.45, 2.75) is 45.6 Å². The molecule has 0 fully saturated rings. The van der Waals surface area contributed by atoms with Crippen molar-refractivity contribution >= 4 is 0 Å². The fourth-order valence-electron chi connectivity index (χ4n) is 1.30. The normalized spacial score (nSPS) is 12.5. The highest BCUT2D eigenvalue weighted by Crippen LogP contribution is 2.21. The number of rotatable bonds is 8. The van der Waals surface area contributed by atoms with E-state index in [4.69, 9.17) is 15.5 Å². The number of hydrogen-bond donors (Lipinski definition) is 3. The maximum Gasteiger partial charge on any atom is 0.0683 e. The van der Waals surface area contributed by atoms with E-state index in [9.17, 15) is 0 Å². The molecule has 0 aliphatic heterocycles. The van der Waals surface area contributed by atoms with Crippen LogP contribution in [0.25, 0.3) is 0 Å². The van der Waals surface area contributed by atoms with Gasteiger partial charge in [0, 0.05) is 0 Å². The first-order valence-corrected chi connectivity index (χ1v) is 5.77. The summed E-state index contributed by atoms with van der Waals surface area (Å²) in [6.07, 6.45) is 2.79. The molecular weight excluding hydrogens is 204 g/mol. The standard InChI is InChI=1S/C12H24N2O2/c1-11(2,8-13)6-4-5-7-14-12(3,9-15)10-16/h14-16H,4-7,9-10H2,1-3H3. The van der Waals surface area contributed by atoms with Crippen LogP contribution >= 0.6 is 0 Å². The zero-order valence-electron chi connectivity index (χ0n) is 10.6. The minimum absolute atomic E-state index is 0.0762. The summed E-state index contributed by atoms with van der Waals surface area (Å²) in [4.78, 5) is 0. The Morgan fingerprint density at radius 2 is 1.69 bits per heavy atom. The monoisotopic (exact) mass is 228 g/mol. The van der Waals surface area contributed by atoms with Gasteiger partial charge in [0.25, 0.3) is 0 Å². The third-order valence-corrected chi connectivity index (χ3v) is 2.78. The molecule has 0 aliphatic rings. The first-order valence-electron chi connectivity index (χ1n) is 5.77. The van der Waals surface area contributed by atoms with Crippen molar-refractivity contribution < 1.29 is 10.2 Å². The Bertz CT molecular complexity index is 230. The van der Waals surface area contributed by atoms with E-state index in [1.165, 1.54) is 0 Å². The van der Waals surface area contributed by atoms with Crippen LogP contribution in [0.15, 0.2) is 0 Å². The Balaban J connectivity index is 3.66. The first-order chi connectivity index (χ1) is 7.39. The molecule has 4 nitrogen and oxygen atoms in total. The zero-order valence-corrected chi connectivity index (χ0v) is 10.6. The molecule has 94 valence electrons. The van der Waals surface area contributed by atoms with Gasteiger partial charge in [-0.15, -0.1) is 0 Å². The summed E-state index contributed by atoms with van der Waals surface area (Å²) in [5.41, 5.74) is -0.845. The van der Waals surface area contributed by atoms with Gasteiger partial charge in [0.2, 0.25) is 0 Å². The topological polar surface area (TPSA) is 76.3 Å². The van der Waals surface area contributed by atoms with Gasteiger partial charge in [-0.3, -0.25) is 0 Å². The second-order valence-corrected chi connectivity index (χ2v) is 5.26. The van der Waals surface area contributed by atoms with Gasteiger partial charge in [-0.2, -0.15) is 5.26 Å². The predicted molar refractivity (Wildman–Crippen MR) is 63.8 cm³/mol. The highest BCUT2D eigenvalue weighted by atomic mass is 16.3. The number of aliphatic hydroxyl groups excluding tert-OH is 2. The molecule has 0 aromatic heterocycles. The van der Waals surface area contributed by atoms with Crippen molar-refractivity contribution in [1.29, 1.82) is 5.26 Å². The van der Waals surface area contributed by atoms with Crippen LogP contribution in [0.4, 0.5) is 0 Å². The molecule has 0 rings (SSSR count). The van der Waals surface area contributed by atoms with Crippen LogP contribution in [0.2, 0.25) is 0 Å². The maximum atomic E-state index is 9.04. The molecule has 0 amide bonds. The quantitative estimate of drug-likeness (QED) is 0.543. The summed E-state index contributed by atoms with van der Waals surface area (Å²) in [6.45, 7) is 6.25. The van der Waals surface area contributed by atoms with E-state index in [2.05, 4.69) is 11.4 Å². The van der Waals surface area contributed by atoms with Gasteiger partial charge in [-0.05, 0) is 40.2 Å². The van der Waals surface area contributed by atoms with Gasteiger partial charge in [-0.1, -0.05) is 6.42 Å². The Morgan fingerprint density at radius 3 is 2.12 bits per heavy atom. The number of nitrogens with zero attached hydrogens (tertiary/aromatic N) is 1. The molecule has 0 saturated heterocycles. The molecule has 3 N–H and O–H groups in total. The van der Waals surface area contributed by atoms with Crippen molar-refractivity contribution in [2.75, 3.05) is 19.8 Å². The fraction of sp³-hybridized carbons (Fsp3) is 0.917. The van der Waals surface area contributed by atoms with Gasteiger partial charge < -0.3 is 15.5 Å². The van der Waals surface area contributed by atoms with Crippen LogP contribution in [0.3, 0.4) is 0 Å². The highest BCUT2D eigenvalue weighted by molar-refractivity contribution is 4.91. The zero-order chi connectivity index (χ0) is 12.7. The number of nitrogens with one attached hydrogen (secondary N) is 1. The minimum atomic E-state index is -0.593. The van der Waals surface area contributed by atoms with Crippen molar-refractivity contribution in [2.24, 2.45) is 5.41 Å². The number of nitriles is 1. The van der Waals surface area contributed by atoms with Crippen LogP contribution in [0, 0.1) is 16.7 Å². The van der Waals surface area contributed by atoms with Gasteiger partial charge in [0.15, 0.2) is 0 Å². The number of hydrogen-bond acceptors (Lipinski definition) is 4. The van der Waals surface area contributed by atoms with Crippen molar-refractivity contribution in [3.05, 3.63) is 0 Å². The molecular formula is C12H24N2O2. The van der Waals surface area contributed by atoms with Crippen molar-refractivity contribution in [1.82, 2.24) is 5.32 Å². The maximum absolute atomic E-state index is 9.04. The molecule has 0 aliphatic carbocycles. The molecule has 0 atom stereocenters. The van der Waals surface area contributed by atoms with E-state index < -0.39 is 5.54 Å². The Morgan fingerprint density at radius 1 is 1.12 bits per heavy atom. The van der Waals surface area contributed by atoms with Crippen LogP contribution in [-0.4, -0.2) is 35.5 Å². The summed E-state index contributed by atoms with van der Waals surface area (Å²) in [5, 5.41) is 30.0. The van der Waals surface area contributed by atoms with E-state index in [-0.39, 0.29) is 18.6 Å². The molecule has 16 heavy (non-hydrogen) atoms. The third-order valence-electron chi connectivity index (χ3n) is 2.78. The Hall–Kier alpha value is -0.630. The van der Waals surface area contributed by atoms with E-state index in [1.54, 1.807) is 6.92 Å². The lowest BCUT2D eigenvalue weighted by atomic mass is 9.89. The third kappa shape index (κ3) is 6.06. The molecule has 0 aromatic carbocycles. The van der Waals surface area contributed by atoms with E-state index in [0.717, 1.165) is 25.8 Å². The first kappa shape index (κ1) is 15.4. The average molecular weight is 228 g/mol. The predicted octanol–water partition coefficient (Wildman–Crippen LogP) is 1.04. The van der Waals surface area contributed by atoms with Gasteiger partial charge in [0.05, 0.1) is 30.2 Å².